The van der Waals surface area contributed by atoms with Gasteiger partial charge in [-0.15, -0.1) is 0 Å². The van der Waals surface area contributed by atoms with Gasteiger partial charge >= 0.3 is 0 Å². The Morgan fingerprint density at radius 1 is 1.25 bits per heavy atom. The number of fused-ring (bicyclic) bond motifs is 1. The molecule has 1 aliphatic rings. The molecule has 0 spiro atoms. The first-order valence-corrected chi connectivity index (χ1v) is 3.27. The van der Waals surface area contributed by atoms with Crippen LogP contribution < -0.4 is 10.0 Å². The minimum absolute atomic E-state index is 0.137. The molecule has 0 radical (unpaired) electrons. The Balaban J connectivity index is 2.68. The quantitative estimate of drug-likeness (QED) is 0.310. The highest BCUT2D eigenvalue weighted by Crippen LogP contribution is 2.11. The second-order valence-corrected chi connectivity index (χ2v) is 2.42. The van der Waals surface area contributed by atoms with Crippen molar-refractivity contribution in [3.63, 3.8) is 0 Å². The summed E-state index contributed by atoms with van der Waals surface area (Å²) in [6.07, 6.45) is 2.26. The predicted octanol–water partition coefficient (Wildman–Crippen LogP) is -0.796. The molecule has 0 unspecified atom stereocenters. The summed E-state index contributed by atoms with van der Waals surface area (Å²) in [5.41, 5.74) is 0.393. The third-order valence-electron chi connectivity index (χ3n) is 1.65. The molecule has 1 aromatic rings. The maximum atomic E-state index is 10.9. The molecule has 2 heterocycles. The van der Waals surface area contributed by atoms with Crippen molar-refractivity contribution in [2.75, 3.05) is 0 Å². The summed E-state index contributed by atoms with van der Waals surface area (Å²) in [6.45, 7) is 0. The molecule has 2 rings (SSSR count). The van der Waals surface area contributed by atoms with Crippen molar-refractivity contribution < 1.29 is 14.3 Å². The van der Waals surface area contributed by atoms with Gasteiger partial charge in [0.25, 0.3) is 11.8 Å². The average molecular weight is 164 g/mol. The van der Waals surface area contributed by atoms with Crippen LogP contribution >= 0.6 is 0 Å². The van der Waals surface area contributed by atoms with Crippen molar-refractivity contribution in [3.05, 3.63) is 34.8 Å². The molecule has 0 fully saturated rings. The maximum Gasteiger partial charge on any atom is 0.265 e. The lowest BCUT2D eigenvalue weighted by molar-refractivity contribution is -0.605. The van der Waals surface area contributed by atoms with Crippen molar-refractivity contribution in [2.24, 2.45) is 0 Å². The third kappa shape index (κ3) is 0.763. The lowest BCUT2D eigenvalue weighted by atomic mass is 10.2. The zero-order valence-electron chi connectivity index (χ0n) is 5.90. The van der Waals surface area contributed by atoms with Crippen molar-refractivity contribution >= 4 is 11.8 Å². The molecule has 0 aliphatic carbocycles. The molecular formula is C7H4N2O3. The Morgan fingerprint density at radius 2 is 1.92 bits per heavy atom. The molecule has 0 aromatic carbocycles. The summed E-state index contributed by atoms with van der Waals surface area (Å²) >= 11 is 0. The average Bonchev–Trinajstić information content (AvgIpc) is 2.28. The van der Waals surface area contributed by atoms with Gasteiger partial charge in [0.05, 0.1) is 5.56 Å². The Labute approximate surface area is 67.2 Å². The van der Waals surface area contributed by atoms with E-state index in [1.165, 1.54) is 12.3 Å². The molecule has 5 heteroatoms. The smallest absolute Gasteiger partial charge is 0.265 e. The van der Waals surface area contributed by atoms with Gasteiger partial charge in [-0.2, -0.15) is 4.73 Å². The van der Waals surface area contributed by atoms with Gasteiger partial charge in [-0.1, -0.05) is 0 Å². The highest BCUT2D eigenvalue weighted by Gasteiger charge is 2.28. The summed E-state index contributed by atoms with van der Waals surface area (Å²) in [6, 6.07) is 1.32. The van der Waals surface area contributed by atoms with E-state index >= 15 is 0 Å². The number of aromatic nitrogens is 1. The van der Waals surface area contributed by atoms with Gasteiger partial charge in [0, 0.05) is 6.07 Å². The van der Waals surface area contributed by atoms with E-state index in [0.717, 1.165) is 6.20 Å². The number of carbonyl (C=O) groups is 2. The van der Waals surface area contributed by atoms with E-state index in [1.54, 1.807) is 0 Å². The molecule has 60 valence electrons. The van der Waals surface area contributed by atoms with Crippen LogP contribution in [0.25, 0.3) is 0 Å². The van der Waals surface area contributed by atoms with Crippen LogP contribution in [0.1, 0.15) is 20.7 Å². The number of pyridine rings is 1. The van der Waals surface area contributed by atoms with E-state index in [-0.39, 0.29) is 11.1 Å². The first-order valence-electron chi connectivity index (χ1n) is 3.27. The van der Waals surface area contributed by atoms with Gasteiger partial charge in [-0.05, 0) is 0 Å². The van der Waals surface area contributed by atoms with E-state index < -0.39 is 11.8 Å². The number of nitrogens with one attached hydrogen (secondary N) is 1. The van der Waals surface area contributed by atoms with E-state index in [1.807, 2.05) is 0 Å². The second-order valence-electron chi connectivity index (χ2n) is 2.42. The zero-order valence-corrected chi connectivity index (χ0v) is 5.90. The first kappa shape index (κ1) is 6.78. The highest BCUT2D eigenvalue weighted by atomic mass is 16.5. The topological polar surface area (TPSA) is 73.1 Å². The van der Waals surface area contributed by atoms with Crippen LogP contribution in [0, 0.1) is 5.21 Å². The molecule has 1 aromatic heterocycles. The minimum Gasteiger partial charge on any atom is -0.619 e. The van der Waals surface area contributed by atoms with Crippen molar-refractivity contribution in [1.82, 2.24) is 5.32 Å². The fourth-order valence-electron chi connectivity index (χ4n) is 1.09. The standard InChI is InChI=1S/C7H4N2O3/c10-6-4-1-2-9(12)3-5(4)7(11)8-6/h1-3H,(H,8,10,11). The van der Waals surface area contributed by atoms with Crippen LogP contribution in [0.3, 0.4) is 0 Å². The maximum absolute atomic E-state index is 10.9. The van der Waals surface area contributed by atoms with E-state index in [9.17, 15) is 14.8 Å². The SMILES string of the molecule is O=C1NC(=O)c2c[n+]([O-])ccc21. The van der Waals surface area contributed by atoms with E-state index in [2.05, 4.69) is 5.32 Å². The zero-order chi connectivity index (χ0) is 8.72. The summed E-state index contributed by atoms with van der Waals surface area (Å²) < 4.78 is 0.483. The molecular weight excluding hydrogens is 160 g/mol. The van der Waals surface area contributed by atoms with Gasteiger partial charge in [0.2, 0.25) is 0 Å². The number of hydrogen-bond acceptors (Lipinski definition) is 3. The summed E-state index contributed by atoms with van der Waals surface area (Å²) in [4.78, 5) is 21.9. The van der Waals surface area contributed by atoms with Crippen LogP contribution in [-0.2, 0) is 0 Å². The Bertz CT molecular complexity index is 386. The number of rotatable bonds is 0. The molecule has 12 heavy (non-hydrogen) atoms. The molecule has 0 saturated heterocycles. The molecule has 0 atom stereocenters. The normalized spacial score (nSPS) is 14.3. The van der Waals surface area contributed by atoms with Gasteiger partial charge in [-0.3, -0.25) is 14.9 Å². The molecule has 1 aliphatic heterocycles. The van der Waals surface area contributed by atoms with Crippen molar-refractivity contribution in [3.8, 4) is 0 Å². The number of imide groups is 1. The van der Waals surface area contributed by atoms with Gasteiger partial charge in [0.1, 0.15) is 5.56 Å². The molecule has 2 amide bonds. The van der Waals surface area contributed by atoms with Crippen LogP contribution in [0.5, 0.6) is 0 Å². The van der Waals surface area contributed by atoms with Crippen molar-refractivity contribution in [2.45, 2.75) is 0 Å². The fourth-order valence-corrected chi connectivity index (χ4v) is 1.09. The number of nitrogens with zero attached hydrogens (tertiary/aromatic N) is 1. The lowest BCUT2D eigenvalue weighted by Gasteiger charge is -1.94. The van der Waals surface area contributed by atoms with Crippen LogP contribution in [-0.4, -0.2) is 11.8 Å². The highest BCUT2D eigenvalue weighted by molar-refractivity contribution is 6.21. The van der Waals surface area contributed by atoms with Crippen LogP contribution in [0.15, 0.2) is 18.5 Å². The van der Waals surface area contributed by atoms with Gasteiger partial charge in [-0.25, -0.2) is 0 Å². The number of carbonyl (C=O) groups excluding carboxylic acids is 2. The molecule has 5 nitrogen and oxygen atoms in total. The van der Waals surface area contributed by atoms with Gasteiger partial charge < -0.3 is 5.21 Å². The van der Waals surface area contributed by atoms with E-state index in [4.69, 9.17) is 0 Å². The molecule has 0 saturated carbocycles. The van der Waals surface area contributed by atoms with Gasteiger partial charge in [0.15, 0.2) is 12.4 Å². The third-order valence-corrected chi connectivity index (χ3v) is 1.65. The number of amides is 2. The van der Waals surface area contributed by atoms with Crippen molar-refractivity contribution in [1.29, 1.82) is 0 Å². The van der Waals surface area contributed by atoms with E-state index in [0.29, 0.717) is 4.73 Å². The monoisotopic (exact) mass is 164 g/mol. The van der Waals surface area contributed by atoms with Crippen LogP contribution in [0.2, 0.25) is 0 Å². The lowest BCUT2D eigenvalue weighted by Crippen LogP contribution is -2.26. The second kappa shape index (κ2) is 2.04. The summed E-state index contributed by atoms with van der Waals surface area (Å²) in [7, 11) is 0. The Morgan fingerprint density at radius 3 is 2.67 bits per heavy atom. The predicted molar refractivity (Wildman–Crippen MR) is 37.2 cm³/mol. The summed E-state index contributed by atoms with van der Waals surface area (Å²) in [5, 5.41) is 12.8. The fraction of sp³-hybridized carbons (Fsp3) is 0. The minimum atomic E-state index is -0.514. The molecule has 0 bridgehead atoms. The Hall–Kier alpha value is -1.91. The Kier molecular flexibility index (Phi) is 1.15. The largest absolute Gasteiger partial charge is 0.619 e. The van der Waals surface area contributed by atoms with Crippen LogP contribution in [0.4, 0.5) is 0 Å². The molecule has 1 N–H and O–H groups in total. The summed E-state index contributed by atoms with van der Waals surface area (Å²) in [5.74, 6) is -0.962. The first-order chi connectivity index (χ1) is 5.68. The number of hydrogen-bond donors (Lipinski definition) is 1.